The smallest absolute Gasteiger partial charge is 0.232 e. The molecule has 0 N–H and O–H groups in total. The number of nitrogens with zero attached hydrogens (tertiary/aromatic N) is 4. The van der Waals surface area contributed by atoms with Gasteiger partial charge in [0, 0.05) is 17.7 Å². The van der Waals surface area contributed by atoms with Crippen molar-refractivity contribution >= 4 is 15.9 Å². The zero-order chi connectivity index (χ0) is 13.7. The Kier molecular flexibility index (Phi) is 5.64. The Morgan fingerprint density at radius 1 is 1.44 bits per heavy atom. The van der Waals surface area contributed by atoms with E-state index in [2.05, 4.69) is 20.9 Å². The number of rotatable bonds is 6. The maximum Gasteiger partial charge on any atom is 0.232 e. The number of hydrogen-bond acceptors (Lipinski definition) is 5. The van der Waals surface area contributed by atoms with E-state index in [1.165, 1.54) is 0 Å². The molecule has 0 fully saturated rings. The van der Waals surface area contributed by atoms with Gasteiger partial charge in [-0.25, -0.2) is 4.98 Å². The molecule has 1 rings (SSSR count). The first kappa shape index (κ1) is 15.0. The van der Waals surface area contributed by atoms with Gasteiger partial charge in [-0.05, 0) is 48.7 Å². The van der Waals surface area contributed by atoms with Crippen LogP contribution >= 0.6 is 15.9 Å². The zero-order valence-electron chi connectivity index (χ0n) is 10.7. The van der Waals surface area contributed by atoms with Crippen molar-refractivity contribution in [3.8, 4) is 0 Å². The highest BCUT2D eigenvalue weighted by Gasteiger charge is 2.22. The maximum absolute atomic E-state index is 10.6. The lowest BCUT2D eigenvalue weighted by atomic mass is 10.2. The van der Waals surface area contributed by atoms with Crippen molar-refractivity contribution in [2.45, 2.75) is 12.7 Å². The van der Waals surface area contributed by atoms with Gasteiger partial charge in [0.1, 0.15) is 10.8 Å². The molecule has 0 saturated carbocycles. The fraction of sp³-hybridized carbons (Fsp3) is 0.545. The number of aromatic nitrogens is 1. The van der Waals surface area contributed by atoms with Crippen LogP contribution < -0.4 is 0 Å². The standard InChI is InChI=1S/C11H17BrN4O2/c1-14(2)11(8-16(17)18)15(3)7-9-4-5-10(12)13-6-9/h4-6,11H,7-8H2,1-3H3. The molecule has 7 heteroatoms. The third-order valence-corrected chi connectivity index (χ3v) is 3.11. The molecule has 1 aromatic heterocycles. The number of likely N-dealkylation sites (N-methyl/N-ethyl adjacent to an activating group) is 2. The molecule has 1 heterocycles. The van der Waals surface area contributed by atoms with Crippen LogP contribution in [0.1, 0.15) is 5.56 Å². The molecular weight excluding hydrogens is 300 g/mol. The molecule has 0 saturated heterocycles. The molecule has 100 valence electrons. The van der Waals surface area contributed by atoms with Gasteiger partial charge < -0.3 is 0 Å². The largest absolute Gasteiger partial charge is 0.289 e. The van der Waals surface area contributed by atoms with Gasteiger partial charge in [0.2, 0.25) is 6.54 Å². The summed E-state index contributed by atoms with van der Waals surface area (Å²) in [5.74, 6) is 0. The van der Waals surface area contributed by atoms with Gasteiger partial charge in [0.25, 0.3) is 0 Å². The van der Waals surface area contributed by atoms with E-state index in [0.717, 1.165) is 10.2 Å². The topological polar surface area (TPSA) is 62.5 Å². The van der Waals surface area contributed by atoms with E-state index in [4.69, 9.17) is 0 Å². The normalized spacial score (nSPS) is 13.0. The number of nitro groups is 1. The Balaban J connectivity index is 2.68. The molecule has 0 radical (unpaired) electrons. The Bertz CT molecular complexity index is 397. The highest BCUT2D eigenvalue weighted by Crippen LogP contribution is 2.10. The summed E-state index contributed by atoms with van der Waals surface area (Å²) in [6, 6.07) is 3.81. The fourth-order valence-electron chi connectivity index (χ4n) is 1.72. The van der Waals surface area contributed by atoms with Crippen LogP contribution in [0, 0.1) is 10.1 Å². The number of halogens is 1. The van der Waals surface area contributed by atoms with Crippen molar-refractivity contribution in [1.82, 2.24) is 14.8 Å². The van der Waals surface area contributed by atoms with Gasteiger partial charge >= 0.3 is 0 Å². The monoisotopic (exact) mass is 316 g/mol. The van der Waals surface area contributed by atoms with Crippen LogP contribution in [-0.2, 0) is 6.54 Å². The van der Waals surface area contributed by atoms with E-state index < -0.39 is 0 Å². The van der Waals surface area contributed by atoms with Crippen LogP contribution in [0.25, 0.3) is 0 Å². The minimum atomic E-state index is -0.291. The van der Waals surface area contributed by atoms with Gasteiger partial charge in [-0.1, -0.05) is 6.07 Å². The molecule has 1 unspecified atom stereocenters. The second-order valence-corrected chi connectivity index (χ2v) is 5.18. The molecule has 6 nitrogen and oxygen atoms in total. The van der Waals surface area contributed by atoms with Crippen LogP contribution in [0.5, 0.6) is 0 Å². The zero-order valence-corrected chi connectivity index (χ0v) is 12.3. The maximum atomic E-state index is 10.6. The SMILES string of the molecule is CN(C)C(C[N+](=O)[O-])N(C)Cc1ccc(Br)nc1. The second-order valence-electron chi connectivity index (χ2n) is 4.36. The molecule has 0 aliphatic heterocycles. The van der Waals surface area contributed by atoms with E-state index in [1.54, 1.807) is 6.20 Å². The molecule has 18 heavy (non-hydrogen) atoms. The summed E-state index contributed by atoms with van der Waals surface area (Å²) in [5, 5.41) is 10.6. The summed E-state index contributed by atoms with van der Waals surface area (Å²) < 4.78 is 0.781. The molecule has 0 spiro atoms. The average Bonchev–Trinajstić information content (AvgIpc) is 2.28. The number of hydrogen-bond donors (Lipinski definition) is 0. The van der Waals surface area contributed by atoms with E-state index in [-0.39, 0.29) is 17.6 Å². The highest BCUT2D eigenvalue weighted by atomic mass is 79.9. The van der Waals surface area contributed by atoms with Crippen LogP contribution in [0.3, 0.4) is 0 Å². The van der Waals surface area contributed by atoms with Crippen LogP contribution in [0.4, 0.5) is 0 Å². The summed E-state index contributed by atoms with van der Waals surface area (Å²) in [7, 11) is 5.55. The average molecular weight is 317 g/mol. The molecule has 1 atom stereocenters. The third-order valence-electron chi connectivity index (χ3n) is 2.64. The predicted octanol–water partition coefficient (Wildman–Crippen LogP) is 1.44. The first-order chi connectivity index (χ1) is 8.40. The molecule has 0 aliphatic rings. The van der Waals surface area contributed by atoms with Crippen molar-refractivity contribution in [2.75, 3.05) is 27.7 Å². The molecule has 0 aromatic carbocycles. The van der Waals surface area contributed by atoms with Gasteiger partial charge in [-0.2, -0.15) is 0 Å². The Labute approximate surface area is 115 Å². The summed E-state index contributed by atoms with van der Waals surface area (Å²) in [6.45, 7) is 0.518. The van der Waals surface area contributed by atoms with Gasteiger partial charge in [0.15, 0.2) is 0 Å². The van der Waals surface area contributed by atoms with Crippen LogP contribution in [0.15, 0.2) is 22.9 Å². The lowest BCUT2D eigenvalue weighted by Gasteiger charge is -2.30. The lowest BCUT2D eigenvalue weighted by molar-refractivity contribution is -0.491. The van der Waals surface area contributed by atoms with Crippen LogP contribution in [-0.4, -0.2) is 53.6 Å². The number of pyridine rings is 1. The Morgan fingerprint density at radius 2 is 2.11 bits per heavy atom. The quantitative estimate of drug-likeness (QED) is 0.344. The van der Waals surface area contributed by atoms with Gasteiger partial charge in [0.05, 0.1) is 0 Å². The Hall–Kier alpha value is -1.05. The molecule has 0 bridgehead atoms. The van der Waals surface area contributed by atoms with Gasteiger partial charge in [-0.3, -0.25) is 19.9 Å². The van der Waals surface area contributed by atoms with Gasteiger partial charge in [-0.15, -0.1) is 0 Å². The summed E-state index contributed by atoms with van der Waals surface area (Å²) in [5.41, 5.74) is 1.02. The van der Waals surface area contributed by atoms with Crippen LogP contribution in [0.2, 0.25) is 0 Å². The molecule has 1 aromatic rings. The van der Waals surface area contributed by atoms with E-state index in [9.17, 15) is 10.1 Å². The van der Waals surface area contributed by atoms with E-state index >= 15 is 0 Å². The van der Waals surface area contributed by atoms with Crippen molar-refractivity contribution in [3.05, 3.63) is 38.6 Å². The predicted molar refractivity (Wildman–Crippen MR) is 72.7 cm³/mol. The summed E-state index contributed by atoms with van der Waals surface area (Å²) in [6.07, 6.45) is 1.53. The molecule has 0 aliphatic carbocycles. The summed E-state index contributed by atoms with van der Waals surface area (Å²) >= 11 is 3.27. The fourth-order valence-corrected chi connectivity index (χ4v) is 1.96. The molecular formula is C11H17BrN4O2. The van der Waals surface area contributed by atoms with Crippen molar-refractivity contribution in [3.63, 3.8) is 0 Å². The lowest BCUT2D eigenvalue weighted by Crippen LogP contribution is -2.46. The second kappa shape index (κ2) is 6.77. The van der Waals surface area contributed by atoms with E-state index in [1.807, 2.05) is 43.1 Å². The molecule has 0 amide bonds. The summed E-state index contributed by atoms with van der Waals surface area (Å²) in [4.78, 5) is 18.3. The highest BCUT2D eigenvalue weighted by molar-refractivity contribution is 9.10. The first-order valence-electron chi connectivity index (χ1n) is 5.49. The van der Waals surface area contributed by atoms with Crippen molar-refractivity contribution in [2.24, 2.45) is 0 Å². The minimum Gasteiger partial charge on any atom is -0.289 e. The first-order valence-corrected chi connectivity index (χ1v) is 6.28. The van der Waals surface area contributed by atoms with E-state index in [0.29, 0.717) is 6.54 Å². The van der Waals surface area contributed by atoms with Crippen molar-refractivity contribution in [1.29, 1.82) is 0 Å². The third kappa shape index (κ3) is 4.67. The minimum absolute atomic E-state index is 0.104. The Morgan fingerprint density at radius 3 is 2.56 bits per heavy atom. The van der Waals surface area contributed by atoms with Crippen molar-refractivity contribution < 1.29 is 4.92 Å².